The summed E-state index contributed by atoms with van der Waals surface area (Å²) >= 11 is 0. The number of fused-ring (bicyclic) bond motifs is 1. The number of sulfonamides is 2. The Kier molecular flexibility index (Phi) is 8.28. The molecule has 0 aromatic heterocycles. The largest absolute Gasteiger partial charge is 0.486 e. The number of hydrogen-bond acceptors (Lipinski definition) is 7. The molecule has 0 bridgehead atoms. The summed E-state index contributed by atoms with van der Waals surface area (Å²) < 4.78 is 73.1. The van der Waals surface area contributed by atoms with Crippen LogP contribution >= 0.6 is 0 Å². The van der Waals surface area contributed by atoms with Crippen molar-refractivity contribution in [2.75, 3.05) is 37.7 Å². The summed E-state index contributed by atoms with van der Waals surface area (Å²) in [6.07, 6.45) is 0.147. The molecular weight excluding hydrogens is 513 g/mol. The van der Waals surface area contributed by atoms with E-state index in [0.717, 1.165) is 34.8 Å². The zero-order valence-corrected chi connectivity index (χ0v) is 22.0. The third-order valence-electron chi connectivity index (χ3n) is 5.95. The summed E-state index contributed by atoms with van der Waals surface area (Å²) in [6, 6.07) is 8.29. The first-order valence-corrected chi connectivity index (χ1v) is 14.5. The minimum Gasteiger partial charge on any atom is -0.486 e. The molecule has 0 radical (unpaired) electrons. The van der Waals surface area contributed by atoms with Crippen molar-refractivity contribution in [1.82, 2.24) is 9.21 Å². The zero-order valence-electron chi connectivity index (χ0n) is 20.4. The van der Waals surface area contributed by atoms with Gasteiger partial charge in [0.05, 0.1) is 41.6 Å². The van der Waals surface area contributed by atoms with E-state index in [4.69, 9.17) is 4.74 Å². The van der Waals surface area contributed by atoms with Gasteiger partial charge in [-0.05, 0) is 43.3 Å². The van der Waals surface area contributed by atoms with Crippen LogP contribution in [0.25, 0.3) is 0 Å². The van der Waals surface area contributed by atoms with Crippen molar-refractivity contribution in [3.8, 4) is 5.75 Å². The van der Waals surface area contributed by atoms with Gasteiger partial charge in [-0.3, -0.25) is 9.52 Å². The normalized spacial score (nSPS) is 19.8. The molecule has 13 heteroatoms. The number of anilines is 1. The number of carbonyl (C=O) groups excluding carboxylic acids is 1. The summed E-state index contributed by atoms with van der Waals surface area (Å²) in [5, 5.41) is 9.74. The molecule has 3 atom stereocenters. The Bertz CT molecular complexity index is 1320. The van der Waals surface area contributed by atoms with E-state index in [9.17, 15) is 31.1 Å². The third kappa shape index (κ3) is 6.14. The number of nitrogens with one attached hydrogen (secondary N) is 1. The highest BCUT2D eigenvalue weighted by Gasteiger charge is 2.36. The molecule has 1 aliphatic rings. The van der Waals surface area contributed by atoms with Crippen LogP contribution in [0.1, 0.15) is 24.2 Å². The number of rotatable bonds is 8. The maximum absolute atomic E-state index is 13.4. The van der Waals surface area contributed by atoms with Crippen LogP contribution in [0, 0.1) is 11.7 Å². The third-order valence-corrected chi connectivity index (χ3v) is 8.37. The number of nitrogens with zero attached hydrogens (tertiary/aromatic N) is 2. The number of hydrogen-bond donors (Lipinski definition) is 2. The Balaban J connectivity index is 2.05. The summed E-state index contributed by atoms with van der Waals surface area (Å²) in [5.74, 6) is -1.49. The number of aliphatic hydroxyl groups is 1. The summed E-state index contributed by atoms with van der Waals surface area (Å²) in [6.45, 7) is 3.14. The van der Waals surface area contributed by atoms with Gasteiger partial charge in [0.1, 0.15) is 11.9 Å². The highest BCUT2D eigenvalue weighted by molar-refractivity contribution is 7.92. The van der Waals surface area contributed by atoms with Gasteiger partial charge in [0.25, 0.3) is 5.91 Å². The Morgan fingerprint density at radius 3 is 2.42 bits per heavy atom. The highest BCUT2D eigenvalue weighted by Crippen LogP contribution is 2.35. The molecule has 198 valence electrons. The maximum atomic E-state index is 13.4. The molecule has 1 amide bonds. The molecule has 0 spiro atoms. The van der Waals surface area contributed by atoms with Crippen molar-refractivity contribution in [1.29, 1.82) is 0 Å². The maximum Gasteiger partial charge on any atom is 0.258 e. The van der Waals surface area contributed by atoms with Crippen LogP contribution < -0.4 is 9.46 Å². The topological polar surface area (TPSA) is 133 Å². The molecule has 0 unspecified atom stereocenters. The fourth-order valence-corrected chi connectivity index (χ4v) is 5.62. The number of halogens is 1. The Morgan fingerprint density at radius 1 is 1.19 bits per heavy atom. The van der Waals surface area contributed by atoms with Crippen molar-refractivity contribution in [3.63, 3.8) is 0 Å². The molecule has 0 aliphatic carbocycles. The number of likely N-dealkylation sites (N-methyl/N-ethyl adjacent to an activating group) is 1. The number of amides is 1. The average molecular weight is 544 g/mol. The van der Waals surface area contributed by atoms with Crippen LogP contribution in [0.4, 0.5) is 10.1 Å². The minimum atomic E-state index is -4.01. The van der Waals surface area contributed by atoms with E-state index in [1.54, 1.807) is 13.8 Å². The summed E-state index contributed by atoms with van der Waals surface area (Å²) in [4.78, 5) is 14.7. The molecule has 2 aromatic rings. The van der Waals surface area contributed by atoms with Crippen LogP contribution in [0.5, 0.6) is 5.75 Å². The van der Waals surface area contributed by atoms with Gasteiger partial charge in [0.2, 0.25) is 20.0 Å². The number of ether oxygens (including phenoxy) is 1. The van der Waals surface area contributed by atoms with Gasteiger partial charge in [-0.15, -0.1) is 0 Å². The fourth-order valence-electron chi connectivity index (χ4n) is 3.88. The molecule has 0 saturated carbocycles. The first-order chi connectivity index (χ1) is 16.7. The van der Waals surface area contributed by atoms with Crippen molar-refractivity contribution >= 4 is 31.6 Å². The van der Waals surface area contributed by atoms with Gasteiger partial charge in [-0.1, -0.05) is 13.0 Å². The molecule has 1 heterocycles. The van der Waals surface area contributed by atoms with Crippen LogP contribution in [-0.2, 0) is 20.0 Å². The lowest BCUT2D eigenvalue weighted by Gasteiger charge is -2.38. The van der Waals surface area contributed by atoms with E-state index >= 15 is 0 Å². The SMILES string of the molecule is C[C@H](CO)N1C[C@H](C)[C@@H](CN(C)S(=O)(=O)c2ccc(F)cc2)Oc2c(NS(C)(=O)=O)cccc2C1=O. The number of carbonyl (C=O) groups is 1. The zero-order chi connectivity index (χ0) is 26.8. The minimum absolute atomic E-state index is 0.0306. The van der Waals surface area contributed by atoms with E-state index < -0.39 is 49.8 Å². The first-order valence-electron chi connectivity index (χ1n) is 11.2. The van der Waals surface area contributed by atoms with E-state index in [0.29, 0.717) is 0 Å². The highest BCUT2D eigenvalue weighted by atomic mass is 32.2. The number of para-hydroxylation sites is 1. The second kappa shape index (κ2) is 10.7. The van der Waals surface area contributed by atoms with Crippen molar-refractivity contribution < 1.29 is 35.9 Å². The van der Waals surface area contributed by atoms with Gasteiger partial charge >= 0.3 is 0 Å². The predicted molar refractivity (Wildman–Crippen MR) is 132 cm³/mol. The van der Waals surface area contributed by atoms with Crippen LogP contribution in [-0.4, -0.2) is 82.2 Å². The second-order valence-electron chi connectivity index (χ2n) is 8.92. The number of aliphatic hydroxyl groups excluding tert-OH is 1. The molecule has 2 aromatic carbocycles. The van der Waals surface area contributed by atoms with E-state index in [1.807, 2.05) is 0 Å². The van der Waals surface area contributed by atoms with Crippen molar-refractivity contribution in [2.45, 2.75) is 30.9 Å². The first kappa shape index (κ1) is 27.8. The molecule has 36 heavy (non-hydrogen) atoms. The molecule has 0 saturated heterocycles. The molecule has 0 fully saturated rings. The smallest absolute Gasteiger partial charge is 0.258 e. The van der Waals surface area contributed by atoms with Gasteiger partial charge in [-0.2, -0.15) is 4.31 Å². The van der Waals surface area contributed by atoms with E-state index in [2.05, 4.69) is 4.72 Å². The Hall–Kier alpha value is -2.74. The van der Waals surface area contributed by atoms with Crippen LogP contribution in [0.15, 0.2) is 47.4 Å². The van der Waals surface area contributed by atoms with E-state index in [1.165, 1.54) is 30.1 Å². The summed E-state index contributed by atoms with van der Waals surface area (Å²) in [5.41, 5.74) is 0.105. The predicted octanol–water partition coefficient (Wildman–Crippen LogP) is 1.74. The lowest BCUT2D eigenvalue weighted by molar-refractivity contribution is 0.0389. The van der Waals surface area contributed by atoms with Crippen molar-refractivity contribution in [3.05, 3.63) is 53.8 Å². The molecule has 1 aliphatic heterocycles. The van der Waals surface area contributed by atoms with E-state index in [-0.39, 0.29) is 41.6 Å². The van der Waals surface area contributed by atoms with Gasteiger partial charge in [0, 0.05) is 19.5 Å². The van der Waals surface area contributed by atoms with Gasteiger partial charge < -0.3 is 14.7 Å². The van der Waals surface area contributed by atoms with Gasteiger partial charge in [0.15, 0.2) is 5.75 Å². The van der Waals surface area contributed by atoms with Gasteiger partial charge in [-0.25, -0.2) is 21.2 Å². The van der Waals surface area contributed by atoms with Crippen molar-refractivity contribution in [2.24, 2.45) is 5.92 Å². The standard InChI is InChI=1S/C23H30FN3O7S2/c1-15-12-27(16(2)14-28)23(29)19-6-5-7-20(25-35(4,30)31)22(19)34-21(15)13-26(3)36(32,33)18-10-8-17(24)9-11-18/h5-11,15-16,21,25,28H,12-14H2,1-4H3/t15-,16+,21+/m0/s1. The van der Waals surface area contributed by atoms with Crippen LogP contribution in [0.2, 0.25) is 0 Å². The Labute approximate surface area is 210 Å². The lowest BCUT2D eigenvalue weighted by Crippen LogP contribution is -2.50. The quantitative estimate of drug-likeness (QED) is 0.518. The lowest BCUT2D eigenvalue weighted by atomic mass is 9.99. The molecule has 10 nitrogen and oxygen atoms in total. The Morgan fingerprint density at radius 2 is 1.83 bits per heavy atom. The average Bonchev–Trinajstić information content (AvgIpc) is 2.80. The molecular formula is C23H30FN3O7S2. The second-order valence-corrected chi connectivity index (χ2v) is 12.7. The molecule has 2 N–H and O–H groups in total. The summed E-state index contributed by atoms with van der Waals surface area (Å²) in [7, 11) is -6.38. The number of benzene rings is 2. The monoisotopic (exact) mass is 543 g/mol. The van der Waals surface area contributed by atoms with Crippen LogP contribution in [0.3, 0.4) is 0 Å². The molecule has 3 rings (SSSR count). The fraction of sp³-hybridized carbons (Fsp3) is 0.435.